The minimum atomic E-state index is -0.763. The summed E-state index contributed by atoms with van der Waals surface area (Å²) in [5.74, 6) is 0.829. The molecular formula is C61H118O6. The zero-order chi connectivity index (χ0) is 48.9. The van der Waals surface area contributed by atoms with Crippen molar-refractivity contribution in [2.24, 2.45) is 11.8 Å². The van der Waals surface area contributed by atoms with Crippen molar-refractivity contribution in [2.45, 2.75) is 349 Å². The van der Waals surface area contributed by atoms with E-state index >= 15 is 0 Å². The fourth-order valence-electron chi connectivity index (χ4n) is 9.40. The molecular weight excluding hydrogens is 829 g/mol. The second-order valence-corrected chi connectivity index (χ2v) is 21.9. The molecule has 0 spiro atoms. The number of carbonyl (C=O) groups excluding carboxylic acids is 3. The molecule has 0 saturated heterocycles. The Morgan fingerprint density at radius 3 is 0.731 bits per heavy atom. The number of ether oxygens (including phenoxy) is 3. The average molecular weight is 948 g/mol. The van der Waals surface area contributed by atoms with Crippen LogP contribution < -0.4 is 0 Å². The van der Waals surface area contributed by atoms with Crippen LogP contribution in [0.4, 0.5) is 0 Å². The van der Waals surface area contributed by atoms with Crippen molar-refractivity contribution >= 4 is 17.9 Å². The highest BCUT2D eigenvalue weighted by atomic mass is 16.6. The zero-order valence-corrected chi connectivity index (χ0v) is 46.0. The minimum Gasteiger partial charge on any atom is -0.462 e. The lowest BCUT2D eigenvalue weighted by molar-refractivity contribution is -0.167. The van der Waals surface area contributed by atoms with Crippen LogP contribution >= 0.6 is 0 Å². The summed E-state index contributed by atoms with van der Waals surface area (Å²) in [6.45, 7) is 11.4. The van der Waals surface area contributed by atoms with Crippen molar-refractivity contribution in [3.8, 4) is 0 Å². The second kappa shape index (κ2) is 53.8. The smallest absolute Gasteiger partial charge is 0.306 e. The first-order valence-electron chi connectivity index (χ1n) is 30.2. The lowest BCUT2D eigenvalue weighted by Crippen LogP contribution is -2.30. The summed E-state index contributed by atoms with van der Waals surface area (Å²) in [6, 6.07) is 0. The Bertz CT molecular complexity index is 1020. The quantitative estimate of drug-likeness (QED) is 0.0343. The molecule has 0 aromatic heterocycles. The van der Waals surface area contributed by atoms with Gasteiger partial charge in [-0.15, -0.1) is 0 Å². The summed E-state index contributed by atoms with van der Waals surface area (Å²) in [7, 11) is 0. The van der Waals surface area contributed by atoms with Gasteiger partial charge in [0.05, 0.1) is 0 Å². The van der Waals surface area contributed by atoms with Crippen molar-refractivity contribution in [2.75, 3.05) is 13.2 Å². The maximum absolute atomic E-state index is 12.9. The molecule has 0 fully saturated rings. The van der Waals surface area contributed by atoms with E-state index in [-0.39, 0.29) is 31.1 Å². The van der Waals surface area contributed by atoms with Gasteiger partial charge in [-0.2, -0.15) is 0 Å². The van der Waals surface area contributed by atoms with E-state index < -0.39 is 6.10 Å². The van der Waals surface area contributed by atoms with E-state index in [1.807, 2.05) is 0 Å². The van der Waals surface area contributed by atoms with Crippen LogP contribution in [0.1, 0.15) is 343 Å². The molecule has 0 amide bonds. The number of hydrogen-bond donors (Lipinski definition) is 0. The number of esters is 3. The average Bonchev–Trinajstić information content (AvgIpc) is 3.30. The topological polar surface area (TPSA) is 78.9 Å². The molecule has 0 radical (unpaired) electrons. The van der Waals surface area contributed by atoms with E-state index in [0.717, 1.165) is 69.6 Å². The number of unbranched alkanes of at least 4 members (excludes halogenated alkanes) is 40. The van der Waals surface area contributed by atoms with Crippen LogP contribution in [0.5, 0.6) is 0 Å². The molecule has 67 heavy (non-hydrogen) atoms. The molecule has 0 saturated carbocycles. The summed E-state index contributed by atoms with van der Waals surface area (Å²) in [5, 5.41) is 0. The third-order valence-electron chi connectivity index (χ3n) is 14.0. The largest absolute Gasteiger partial charge is 0.462 e. The van der Waals surface area contributed by atoms with Gasteiger partial charge in [-0.3, -0.25) is 14.4 Å². The SMILES string of the molecule is CCCCCCCCCCCCCCCCCCCCCC(=O)OC[C@@H](COC(=O)CCCCCCCCCCCCCCC(C)C)OC(=O)CCCCCCCCCCCCCCC(C)C. The van der Waals surface area contributed by atoms with Gasteiger partial charge in [0.25, 0.3) is 0 Å². The van der Waals surface area contributed by atoms with Gasteiger partial charge in [0, 0.05) is 19.3 Å². The predicted octanol–water partition coefficient (Wildman–Crippen LogP) is 20.0. The maximum Gasteiger partial charge on any atom is 0.306 e. The van der Waals surface area contributed by atoms with Crippen molar-refractivity contribution in [3.05, 3.63) is 0 Å². The Morgan fingerprint density at radius 1 is 0.284 bits per heavy atom. The Kier molecular flexibility index (Phi) is 52.5. The molecule has 6 nitrogen and oxygen atoms in total. The molecule has 0 heterocycles. The third kappa shape index (κ3) is 55.2. The lowest BCUT2D eigenvalue weighted by Gasteiger charge is -2.18. The standard InChI is InChI=1S/C61H118O6/c1-6-7-8-9-10-11-12-13-14-15-16-17-18-19-26-31-36-41-46-51-59(62)65-54-58(67-61(64)53-48-43-38-33-28-23-21-25-30-35-40-45-50-57(4)5)55-66-60(63)52-47-42-37-32-27-22-20-24-29-34-39-44-49-56(2)3/h56-58H,6-55H2,1-5H3/t58-/m0/s1. The highest BCUT2D eigenvalue weighted by Crippen LogP contribution is 2.18. The van der Waals surface area contributed by atoms with Crippen LogP contribution in [0.3, 0.4) is 0 Å². The molecule has 0 bridgehead atoms. The summed E-state index contributed by atoms with van der Waals surface area (Å²) in [6.07, 6.45) is 58.1. The van der Waals surface area contributed by atoms with Gasteiger partial charge in [-0.25, -0.2) is 0 Å². The molecule has 398 valence electrons. The zero-order valence-electron chi connectivity index (χ0n) is 46.0. The maximum atomic E-state index is 12.9. The highest BCUT2D eigenvalue weighted by Gasteiger charge is 2.19. The molecule has 6 heteroatoms. The summed E-state index contributed by atoms with van der Waals surface area (Å²) < 4.78 is 16.9. The predicted molar refractivity (Wildman–Crippen MR) is 289 cm³/mol. The van der Waals surface area contributed by atoms with Gasteiger partial charge in [-0.1, -0.05) is 304 Å². The second-order valence-electron chi connectivity index (χ2n) is 21.9. The number of rotatable bonds is 55. The molecule has 0 aliphatic heterocycles. The van der Waals surface area contributed by atoms with E-state index in [1.165, 1.54) is 231 Å². The van der Waals surface area contributed by atoms with Crippen molar-refractivity contribution in [1.82, 2.24) is 0 Å². The number of carbonyl (C=O) groups is 3. The third-order valence-corrected chi connectivity index (χ3v) is 14.0. The first kappa shape index (κ1) is 65.4. The van der Waals surface area contributed by atoms with Crippen LogP contribution in [0.15, 0.2) is 0 Å². The van der Waals surface area contributed by atoms with Crippen LogP contribution in [-0.2, 0) is 28.6 Å². The number of hydrogen-bond acceptors (Lipinski definition) is 6. The molecule has 0 unspecified atom stereocenters. The van der Waals surface area contributed by atoms with E-state index in [4.69, 9.17) is 14.2 Å². The van der Waals surface area contributed by atoms with Crippen molar-refractivity contribution in [3.63, 3.8) is 0 Å². The summed E-state index contributed by atoms with van der Waals surface area (Å²) in [4.78, 5) is 38.2. The first-order chi connectivity index (χ1) is 32.7. The van der Waals surface area contributed by atoms with Gasteiger partial charge in [-0.05, 0) is 31.1 Å². The highest BCUT2D eigenvalue weighted by molar-refractivity contribution is 5.71. The van der Waals surface area contributed by atoms with Gasteiger partial charge in [0.2, 0.25) is 0 Å². The van der Waals surface area contributed by atoms with Crippen LogP contribution in [0.25, 0.3) is 0 Å². The first-order valence-corrected chi connectivity index (χ1v) is 30.2. The molecule has 1 atom stereocenters. The van der Waals surface area contributed by atoms with Crippen molar-refractivity contribution in [1.29, 1.82) is 0 Å². The molecule has 0 aromatic rings. The Labute approximate surface area is 418 Å². The van der Waals surface area contributed by atoms with Crippen LogP contribution in [-0.4, -0.2) is 37.2 Å². The summed E-state index contributed by atoms with van der Waals surface area (Å²) in [5.41, 5.74) is 0. The van der Waals surface area contributed by atoms with Gasteiger partial charge in [0.1, 0.15) is 13.2 Å². The van der Waals surface area contributed by atoms with E-state index in [0.29, 0.717) is 19.3 Å². The Hall–Kier alpha value is -1.59. The van der Waals surface area contributed by atoms with E-state index in [9.17, 15) is 14.4 Å². The van der Waals surface area contributed by atoms with E-state index in [1.54, 1.807) is 0 Å². The lowest BCUT2D eigenvalue weighted by atomic mass is 10.0. The van der Waals surface area contributed by atoms with Gasteiger partial charge >= 0.3 is 17.9 Å². The molecule has 0 N–H and O–H groups in total. The monoisotopic (exact) mass is 947 g/mol. The minimum absolute atomic E-state index is 0.0624. The van der Waals surface area contributed by atoms with Gasteiger partial charge < -0.3 is 14.2 Å². The normalized spacial score (nSPS) is 12.0. The van der Waals surface area contributed by atoms with E-state index in [2.05, 4.69) is 34.6 Å². The Balaban J connectivity index is 4.28. The molecule has 0 aliphatic carbocycles. The summed E-state index contributed by atoms with van der Waals surface area (Å²) >= 11 is 0. The molecule has 0 aromatic carbocycles. The van der Waals surface area contributed by atoms with Crippen molar-refractivity contribution < 1.29 is 28.6 Å². The molecule has 0 aliphatic rings. The van der Waals surface area contributed by atoms with Crippen LogP contribution in [0, 0.1) is 11.8 Å². The molecule has 0 rings (SSSR count). The fourth-order valence-corrected chi connectivity index (χ4v) is 9.40. The van der Waals surface area contributed by atoms with Crippen LogP contribution in [0.2, 0.25) is 0 Å². The van der Waals surface area contributed by atoms with Gasteiger partial charge in [0.15, 0.2) is 6.10 Å². The Morgan fingerprint density at radius 2 is 0.493 bits per heavy atom. The fraction of sp³-hybridized carbons (Fsp3) is 0.951.